The monoisotopic (exact) mass is 1930 g/mol. The lowest BCUT2D eigenvalue weighted by Crippen LogP contribution is -2.72. The fraction of sp³-hybridized carbons (Fsp3) is 0.905. The molecule has 132 heavy (non-hydrogen) atoms. The largest absolute Gasteiger partial charge is 0.394 e. The summed E-state index contributed by atoms with van der Waals surface area (Å²) in [6.45, 7) is -5.33. The van der Waals surface area contributed by atoms with E-state index in [-0.39, 0.29) is 0 Å². The van der Waals surface area contributed by atoms with Gasteiger partial charge < -0.3 is 255 Å². The first-order valence-electron chi connectivity index (χ1n) is 42.1. The predicted molar refractivity (Wildman–Crippen MR) is 411 cm³/mol. The minimum absolute atomic E-state index is 0.838. The van der Waals surface area contributed by atoms with Crippen molar-refractivity contribution in [3.63, 3.8) is 0 Å². The molecule has 0 radical (unpaired) electrons. The molecule has 10 saturated heterocycles. The van der Waals surface area contributed by atoms with E-state index in [1.165, 1.54) is 0 Å². The van der Waals surface area contributed by atoms with Gasteiger partial charge in [-0.25, -0.2) is 0 Å². The van der Waals surface area contributed by atoms with Crippen LogP contribution in [0.1, 0.15) is 48.5 Å². The number of amides is 7. The highest BCUT2D eigenvalue weighted by atomic mass is 16.8. The first-order valence-corrected chi connectivity index (χ1v) is 42.1. The Bertz CT molecular complexity index is 3700. The maximum Gasteiger partial charge on any atom is 0.217 e. The van der Waals surface area contributed by atoms with Crippen LogP contribution in [-0.4, -0.2) is 542 Å². The van der Waals surface area contributed by atoms with E-state index in [1.54, 1.807) is 0 Å². The third kappa shape index (κ3) is 24.9. The lowest BCUT2D eigenvalue weighted by molar-refractivity contribution is -0.412. The average Bonchev–Trinajstić information content (AvgIpc) is 0.754. The van der Waals surface area contributed by atoms with Crippen molar-refractivity contribution in [2.75, 3.05) is 66.1 Å². The number of carbonyl (C=O) groups is 7. The van der Waals surface area contributed by atoms with E-state index < -0.39 is 414 Å². The Hall–Kier alpha value is -5.47. The van der Waals surface area contributed by atoms with Crippen LogP contribution < -0.4 is 37.2 Å². The molecule has 0 spiro atoms. The third-order valence-corrected chi connectivity index (χ3v) is 23.7. The minimum Gasteiger partial charge on any atom is -0.394 e. The van der Waals surface area contributed by atoms with Gasteiger partial charge in [-0.1, -0.05) is 0 Å². The van der Waals surface area contributed by atoms with Crippen LogP contribution in [0.4, 0.5) is 0 Å². The Morgan fingerprint density at radius 3 is 0.780 bits per heavy atom. The molecule has 50 atom stereocenters. The second kappa shape index (κ2) is 47.9. The van der Waals surface area contributed by atoms with Gasteiger partial charge in [-0.3, -0.25) is 33.6 Å². The van der Waals surface area contributed by atoms with Gasteiger partial charge in [-0.15, -0.1) is 0 Å². The maximum atomic E-state index is 13.6. The number of carbonyl (C=O) groups excluding carboxylic acids is 7. The van der Waals surface area contributed by atoms with Crippen molar-refractivity contribution in [3.05, 3.63) is 0 Å². The minimum atomic E-state index is -2.85. The first-order chi connectivity index (χ1) is 62.4. The third-order valence-electron chi connectivity index (χ3n) is 23.7. The van der Waals surface area contributed by atoms with E-state index in [2.05, 4.69) is 37.2 Å². The summed E-state index contributed by atoms with van der Waals surface area (Å²) in [7, 11) is 0. The molecule has 10 fully saturated rings. The number of nitrogens with one attached hydrogen (secondary N) is 7. The molecule has 10 rings (SSSR count). The molecule has 0 aromatic carbocycles. The smallest absolute Gasteiger partial charge is 0.217 e. The van der Waals surface area contributed by atoms with E-state index in [9.17, 15) is 161 Å². The molecule has 0 aromatic heterocycles. The molecule has 0 bridgehead atoms. The van der Waals surface area contributed by atoms with Gasteiger partial charge in [-0.2, -0.15) is 0 Å². The molecule has 10 heterocycles. The van der Waals surface area contributed by atoms with Crippen LogP contribution in [0, 0.1) is 0 Å². The van der Waals surface area contributed by atoms with Gasteiger partial charge in [-0.05, 0) is 0 Å². The molecule has 7 amide bonds. The van der Waals surface area contributed by atoms with Crippen LogP contribution >= 0.6 is 0 Å². The summed E-state index contributed by atoms with van der Waals surface area (Å²) in [6, 6.07) is -13.4. The zero-order valence-electron chi connectivity index (χ0n) is 71.7. The molecule has 0 saturated carbocycles. The summed E-state index contributed by atoms with van der Waals surface area (Å²) >= 11 is 0. The zero-order valence-corrected chi connectivity index (χ0v) is 71.7. The fourth-order valence-corrected chi connectivity index (χ4v) is 17.0. The van der Waals surface area contributed by atoms with Crippen LogP contribution in [0.3, 0.4) is 0 Å². The maximum absolute atomic E-state index is 13.6. The standard InChI is InChI=1S/C74H123N7O51/c1-18(90)75-35-53(108)58(30(13-87)116-65(35)113)126-71-41(81-24(7)96)54(109)59(31(14-88)122-71)128-72-57(112)62(130-74-64(132-70-40(80-23(6)95)52(107)46(101)29(12-86)121-70)56(111)60(32(15-89)123-74)127-67-37(77-20(3)92)49(104)43(98)26(9-83)118-67)61(129-68-38(78-21(4)93)50(105)44(99)27(10-84)119-68)34(125-72)17-115-73-63(131-69-39(79-22(5)94)51(106)45(100)28(11-85)120-69)55(110)47(102)33(124-73)16-114-66-36(76-19(2)91)48(103)42(97)25(8-82)117-66/h25-74,82-89,97-113H,8-17H2,1-7H3,(H,75,90)(H,76,91)(H,77,92)(H,78,93)(H,79,94)(H,80,95)(H,81,96)/t25-,26-,27-,28-,29-,30-,31-,32-,33-,34-,35-,36-,37-,38-,39-,40-,41-,42-,43-,44-,45-,46-,47-,48-,49-,50-,51-,52-,53-,54-,55+,56+,57+,58-,59-,60-,61-,62-,63+,64+,65-,66-,67+,68+,69+,70-,71+,72+,73+,74-/m1/s1. The van der Waals surface area contributed by atoms with Gasteiger partial charge in [0.2, 0.25) is 41.4 Å². The van der Waals surface area contributed by atoms with Crippen molar-refractivity contribution in [2.45, 2.75) is 355 Å². The molecule has 58 nitrogen and oxygen atoms in total. The van der Waals surface area contributed by atoms with Gasteiger partial charge in [0.25, 0.3) is 0 Å². The van der Waals surface area contributed by atoms with Crippen molar-refractivity contribution >= 4 is 41.4 Å². The number of hydrogen-bond donors (Lipinski definition) is 32. The zero-order chi connectivity index (χ0) is 97.4. The Morgan fingerprint density at radius 1 is 0.197 bits per heavy atom. The number of aliphatic hydroxyl groups excluding tert-OH is 25. The van der Waals surface area contributed by atoms with Crippen molar-refractivity contribution < 1.29 is 251 Å². The Labute approximate surface area is 748 Å². The van der Waals surface area contributed by atoms with Gasteiger partial charge in [0.05, 0.1) is 66.1 Å². The van der Waals surface area contributed by atoms with Crippen molar-refractivity contribution in [2.24, 2.45) is 0 Å². The molecule has 0 unspecified atom stereocenters. The first kappa shape index (κ1) is 109. The normalized spacial score (nSPS) is 46.7. The van der Waals surface area contributed by atoms with Gasteiger partial charge in [0, 0.05) is 48.5 Å². The quantitative estimate of drug-likeness (QED) is 0.0280. The van der Waals surface area contributed by atoms with Gasteiger partial charge in [0.1, 0.15) is 244 Å². The van der Waals surface area contributed by atoms with Crippen LogP contribution in [-0.2, 0) is 124 Å². The van der Waals surface area contributed by atoms with Crippen molar-refractivity contribution in [1.29, 1.82) is 0 Å². The lowest BCUT2D eigenvalue weighted by Gasteiger charge is -2.53. The predicted octanol–water partition coefficient (Wildman–Crippen LogP) is -21.8. The second-order valence-electron chi connectivity index (χ2n) is 33.2. The summed E-state index contributed by atoms with van der Waals surface area (Å²) in [4.78, 5) is 90.5. The number of hydrogen-bond acceptors (Lipinski definition) is 51. The number of rotatable bonds is 35. The van der Waals surface area contributed by atoms with E-state index in [0.29, 0.717) is 0 Å². The topological polar surface area (TPSA) is 885 Å². The molecule has 0 aromatic rings. The van der Waals surface area contributed by atoms with Crippen molar-refractivity contribution in [3.8, 4) is 0 Å². The molecule has 32 N–H and O–H groups in total. The number of aliphatic hydroxyl groups is 25. The Morgan fingerprint density at radius 2 is 0.424 bits per heavy atom. The molecule has 10 aliphatic heterocycles. The second-order valence-corrected chi connectivity index (χ2v) is 33.2. The molecule has 0 aliphatic carbocycles. The van der Waals surface area contributed by atoms with Crippen LogP contribution in [0.15, 0.2) is 0 Å². The summed E-state index contributed by atoms with van der Waals surface area (Å²) < 4.78 is 118. The van der Waals surface area contributed by atoms with Gasteiger partial charge >= 0.3 is 0 Å². The highest BCUT2D eigenvalue weighted by Gasteiger charge is 2.63. The van der Waals surface area contributed by atoms with Crippen LogP contribution in [0.25, 0.3) is 0 Å². The molecular formula is C74H123N7O51. The Balaban J connectivity index is 1.16. The highest BCUT2D eigenvalue weighted by molar-refractivity contribution is 5.75. The van der Waals surface area contributed by atoms with E-state index in [1.807, 2.05) is 0 Å². The summed E-state index contributed by atoms with van der Waals surface area (Å²) in [6.07, 6.45) is -95.3. The van der Waals surface area contributed by atoms with Gasteiger partial charge in [0.15, 0.2) is 62.9 Å². The molecule has 58 heteroatoms. The Kier molecular flexibility index (Phi) is 39.4. The highest BCUT2D eigenvalue weighted by Crippen LogP contribution is 2.42. The molecular weight excluding hydrogens is 1800 g/mol. The van der Waals surface area contributed by atoms with Crippen LogP contribution in [0.2, 0.25) is 0 Å². The lowest BCUT2D eigenvalue weighted by atomic mass is 9.93. The van der Waals surface area contributed by atoms with E-state index in [0.717, 1.165) is 48.5 Å². The molecule has 10 aliphatic rings. The average molecular weight is 1930 g/mol. The fourth-order valence-electron chi connectivity index (χ4n) is 17.0. The number of ether oxygens (including phenoxy) is 19. The van der Waals surface area contributed by atoms with Crippen molar-refractivity contribution in [1.82, 2.24) is 37.2 Å². The SMILES string of the molecule is CC(=O)N[C@@H]1[C@@H](O)[C@H](O[C@@H]2O[C@H](CO)[C@@H](O[C@@H]3O[C@H](CO[C@H]4O[C@H](CO[C@@H]5O[C@H](CO)[C@@H](O)[C@H](O)[C@H]5NC(C)=O)[C@@H](O)[C@H](O)[C@@H]4O[C@@H]4O[C@H](CO)[C@@H](O)[C@H](O)[C@H]4NC(C)=O)[C@@H](O[C@@H]4O[C@H](CO)[C@@H](O)[C@H](O)[C@H]4NC(C)=O)[C@H](O[C@H]4O[C@H](CO)[C@@H](O[C@@H]5O[C@H](CO)[C@@H](O)[C@H](O)[C@H]5NC(C)=O)[C@H](O)[C@@H]4O[C@H]4O[C@H](CO)[C@@H](O)[C@H](O)[C@H]4NC(C)=O)[C@@H]3O)[C@H](O)[C@H]2NC(C)=O)[C@@H](CO)O[C@H]1O. The molecule has 760 valence electrons. The van der Waals surface area contributed by atoms with E-state index >= 15 is 0 Å². The van der Waals surface area contributed by atoms with Crippen LogP contribution in [0.5, 0.6) is 0 Å². The summed E-state index contributed by atoms with van der Waals surface area (Å²) in [5.74, 6) is -6.63. The summed E-state index contributed by atoms with van der Waals surface area (Å²) in [5.41, 5.74) is 0. The summed E-state index contributed by atoms with van der Waals surface area (Å²) in [5, 5.41) is 303. The van der Waals surface area contributed by atoms with E-state index in [4.69, 9.17) is 90.0 Å².